The minimum Gasteiger partial charge on any atom is -0.450 e. The number of rotatable bonds is 5. The van der Waals surface area contributed by atoms with Crippen molar-refractivity contribution in [3.63, 3.8) is 0 Å². The van der Waals surface area contributed by atoms with Crippen LogP contribution < -0.4 is 5.32 Å². The first-order valence-electron chi connectivity index (χ1n) is 9.66. The zero-order chi connectivity index (χ0) is 18.1. The fraction of sp³-hybridized carbons (Fsp3) is 0.500. The summed E-state index contributed by atoms with van der Waals surface area (Å²) in [6.45, 7) is 6.01. The van der Waals surface area contributed by atoms with Crippen LogP contribution in [0.1, 0.15) is 6.42 Å². The molecule has 0 spiro atoms. The summed E-state index contributed by atoms with van der Waals surface area (Å²) in [5.74, 6) is 1.29. The van der Waals surface area contributed by atoms with Crippen molar-refractivity contribution in [3.05, 3.63) is 30.6 Å². The van der Waals surface area contributed by atoms with Crippen LogP contribution in [0.15, 0.2) is 35.0 Å². The number of morpholine rings is 1. The van der Waals surface area contributed by atoms with Crippen LogP contribution in [0.2, 0.25) is 0 Å². The van der Waals surface area contributed by atoms with Gasteiger partial charge in [0.25, 0.3) is 0 Å². The number of furan rings is 1. The maximum Gasteiger partial charge on any atom is 0.196 e. The summed E-state index contributed by atoms with van der Waals surface area (Å²) in [6.07, 6.45) is 2.71. The number of ether oxygens (including phenoxy) is 2. The molecular weight excluding hydrogens is 344 g/mol. The second kappa shape index (κ2) is 7.42. The summed E-state index contributed by atoms with van der Waals surface area (Å²) < 4.78 is 17.2. The van der Waals surface area contributed by atoms with Crippen molar-refractivity contribution in [2.24, 2.45) is 5.92 Å². The van der Waals surface area contributed by atoms with Gasteiger partial charge in [-0.05, 0) is 18.6 Å². The Bertz CT molecular complexity index is 916. The third-order valence-corrected chi connectivity index (χ3v) is 5.66. The standard InChI is InChI=1S/C20H24N4O3/c1-2-4-17-15(3-1)18-19(27-17)20(23-13-22-18)21-11-16(14-5-8-26-12-14)24-6-9-25-10-7-24/h1-4,13-14,16H,5-12H2,(H,21,22,23). The zero-order valence-electron chi connectivity index (χ0n) is 15.3. The van der Waals surface area contributed by atoms with Gasteiger partial charge in [0.15, 0.2) is 11.4 Å². The Morgan fingerprint density at radius 2 is 2.00 bits per heavy atom. The number of nitrogens with zero attached hydrogens (tertiary/aromatic N) is 3. The average Bonchev–Trinajstić information content (AvgIpc) is 3.37. The van der Waals surface area contributed by atoms with Gasteiger partial charge in [-0.25, -0.2) is 9.97 Å². The number of para-hydroxylation sites is 1. The zero-order valence-corrected chi connectivity index (χ0v) is 15.3. The third kappa shape index (κ3) is 3.26. The van der Waals surface area contributed by atoms with Gasteiger partial charge in [0.2, 0.25) is 0 Å². The van der Waals surface area contributed by atoms with Crippen molar-refractivity contribution in [2.75, 3.05) is 51.4 Å². The molecule has 142 valence electrons. The van der Waals surface area contributed by atoms with Crippen molar-refractivity contribution >= 4 is 27.9 Å². The molecule has 3 aromatic rings. The van der Waals surface area contributed by atoms with Crippen LogP contribution in [0.5, 0.6) is 0 Å². The fourth-order valence-electron chi connectivity index (χ4n) is 4.21. The topological polar surface area (TPSA) is 72.7 Å². The van der Waals surface area contributed by atoms with Crippen molar-refractivity contribution in [3.8, 4) is 0 Å². The number of nitrogens with one attached hydrogen (secondary N) is 1. The molecule has 1 aromatic carbocycles. The lowest BCUT2D eigenvalue weighted by molar-refractivity contribution is 0.00460. The molecule has 7 nitrogen and oxygen atoms in total. The second-order valence-electron chi connectivity index (χ2n) is 7.22. The van der Waals surface area contributed by atoms with Crippen LogP contribution >= 0.6 is 0 Å². The lowest BCUT2D eigenvalue weighted by Crippen LogP contribution is -2.50. The third-order valence-electron chi connectivity index (χ3n) is 5.66. The van der Waals surface area contributed by atoms with Gasteiger partial charge in [-0.3, -0.25) is 4.90 Å². The minimum atomic E-state index is 0.394. The molecule has 5 rings (SSSR count). The van der Waals surface area contributed by atoms with E-state index in [1.54, 1.807) is 6.33 Å². The minimum absolute atomic E-state index is 0.394. The van der Waals surface area contributed by atoms with Gasteiger partial charge in [-0.15, -0.1) is 0 Å². The van der Waals surface area contributed by atoms with E-state index >= 15 is 0 Å². The Kier molecular flexibility index (Phi) is 4.65. The van der Waals surface area contributed by atoms with E-state index in [0.717, 1.165) is 80.4 Å². The SMILES string of the molecule is c1ccc2c(c1)oc1c(NCC(C3CCOC3)N3CCOCC3)ncnc12. The highest BCUT2D eigenvalue weighted by Gasteiger charge is 2.31. The molecule has 0 bridgehead atoms. The molecule has 2 aliphatic heterocycles. The summed E-state index contributed by atoms with van der Waals surface area (Å²) in [4.78, 5) is 11.4. The summed E-state index contributed by atoms with van der Waals surface area (Å²) in [5.41, 5.74) is 2.42. The molecule has 0 saturated carbocycles. The summed E-state index contributed by atoms with van der Waals surface area (Å²) in [6, 6.07) is 8.36. The molecule has 0 aliphatic carbocycles. The average molecular weight is 368 g/mol. The first-order chi connectivity index (χ1) is 13.4. The quantitative estimate of drug-likeness (QED) is 0.742. The van der Waals surface area contributed by atoms with Gasteiger partial charge in [-0.2, -0.15) is 0 Å². The monoisotopic (exact) mass is 368 g/mol. The molecule has 2 atom stereocenters. The van der Waals surface area contributed by atoms with Gasteiger partial charge in [0, 0.05) is 43.6 Å². The number of hydrogen-bond donors (Lipinski definition) is 1. The van der Waals surface area contributed by atoms with Gasteiger partial charge >= 0.3 is 0 Å². The summed E-state index contributed by atoms with van der Waals surface area (Å²) >= 11 is 0. The van der Waals surface area contributed by atoms with E-state index in [4.69, 9.17) is 13.9 Å². The van der Waals surface area contributed by atoms with Gasteiger partial charge in [0.1, 0.15) is 17.4 Å². The highest BCUT2D eigenvalue weighted by Crippen LogP contribution is 2.31. The largest absolute Gasteiger partial charge is 0.450 e. The van der Waals surface area contributed by atoms with Crippen molar-refractivity contribution < 1.29 is 13.9 Å². The lowest BCUT2D eigenvalue weighted by atomic mass is 9.97. The number of aromatic nitrogens is 2. The van der Waals surface area contributed by atoms with Crippen LogP contribution in [-0.2, 0) is 9.47 Å². The molecule has 1 N–H and O–H groups in total. The maximum atomic E-state index is 6.04. The molecule has 2 fully saturated rings. The molecule has 4 heterocycles. The van der Waals surface area contributed by atoms with E-state index in [1.807, 2.05) is 24.3 Å². The molecule has 2 unspecified atom stereocenters. The second-order valence-corrected chi connectivity index (χ2v) is 7.22. The van der Waals surface area contributed by atoms with Crippen LogP contribution in [0.25, 0.3) is 22.1 Å². The molecule has 2 aromatic heterocycles. The van der Waals surface area contributed by atoms with Crippen LogP contribution in [-0.4, -0.2) is 67.0 Å². The van der Waals surface area contributed by atoms with Crippen LogP contribution in [0.4, 0.5) is 5.82 Å². The Morgan fingerprint density at radius 1 is 1.11 bits per heavy atom. The predicted molar refractivity (Wildman–Crippen MR) is 103 cm³/mol. The maximum absolute atomic E-state index is 6.04. The highest BCUT2D eigenvalue weighted by atomic mass is 16.5. The van der Waals surface area contributed by atoms with Gasteiger partial charge in [0.05, 0.1) is 19.8 Å². The molecule has 2 saturated heterocycles. The van der Waals surface area contributed by atoms with E-state index in [1.165, 1.54) is 0 Å². The van der Waals surface area contributed by atoms with Gasteiger partial charge < -0.3 is 19.2 Å². The molecule has 0 radical (unpaired) electrons. The van der Waals surface area contributed by atoms with E-state index < -0.39 is 0 Å². The van der Waals surface area contributed by atoms with E-state index in [9.17, 15) is 0 Å². The summed E-state index contributed by atoms with van der Waals surface area (Å²) in [5, 5.41) is 4.56. The fourth-order valence-corrected chi connectivity index (χ4v) is 4.21. The van der Waals surface area contributed by atoms with Crippen molar-refractivity contribution in [1.29, 1.82) is 0 Å². The van der Waals surface area contributed by atoms with E-state index in [-0.39, 0.29) is 0 Å². The number of anilines is 1. The van der Waals surface area contributed by atoms with E-state index in [0.29, 0.717) is 12.0 Å². The van der Waals surface area contributed by atoms with Crippen molar-refractivity contribution in [2.45, 2.75) is 12.5 Å². The normalized spacial score (nSPS) is 22.4. The molecule has 27 heavy (non-hydrogen) atoms. The predicted octanol–water partition coefficient (Wildman–Crippen LogP) is 2.53. The first-order valence-corrected chi connectivity index (χ1v) is 9.66. The van der Waals surface area contributed by atoms with Crippen molar-refractivity contribution in [1.82, 2.24) is 14.9 Å². The Labute approximate surface area is 157 Å². The molecule has 7 heteroatoms. The smallest absolute Gasteiger partial charge is 0.196 e. The number of fused-ring (bicyclic) bond motifs is 3. The van der Waals surface area contributed by atoms with Gasteiger partial charge in [-0.1, -0.05) is 12.1 Å². The Hall–Kier alpha value is -2.22. The Balaban J connectivity index is 1.41. The molecule has 0 amide bonds. The van der Waals surface area contributed by atoms with E-state index in [2.05, 4.69) is 20.2 Å². The van der Waals surface area contributed by atoms with Crippen LogP contribution in [0, 0.1) is 5.92 Å². The molecular formula is C20H24N4O3. The first kappa shape index (κ1) is 16.9. The highest BCUT2D eigenvalue weighted by molar-refractivity contribution is 6.05. The lowest BCUT2D eigenvalue weighted by Gasteiger charge is -2.37. The Morgan fingerprint density at radius 3 is 2.85 bits per heavy atom. The number of hydrogen-bond acceptors (Lipinski definition) is 7. The number of benzene rings is 1. The molecule has 2 aliphatic rings. The van der Waals surface area contributed by atoms with Crippen LogP contribution in [0.3, 0.4) is 0 Å². The summed E-state index contributed by atoms with van der Waals surface area (Å²) in [7, 11) is 0.